The Labute approximate surface area is 241 Å². The first kappa shape index (κ1) is 27.4. The van der Waals surface area contributed by atoms with Gasteiger partial charge in [0.1, 0.15) is 17.0 Å². The fourth-order valence-electron chi connectivity index (χ4n) is 6.80. The van der Waals surface area contributed by atoms with E-state index in [0.717, 1.165) is 42.5 Å². The first-order valence-electron chi connectivity index (χ1n) is 14.6. The van der Waals surface area contributed by atoms with Gasteiger partial charge in [0.15, 0.2) is 11.5 Å². The van der Waals surface area contributed by atoms with Crippen LogP contribution in [0.1, 0.15) is 49.7 Å². The van der Waals surface area contributed by atoms with Crippen LogP contribution in [0, 0.1) is 11.8 Å². The summed E-state index contributed by atoms with van der Waals surface area (Å²) in [5, 5.41) is 4.12. The molecule has 0 spiro atoms. The van der Waals surface area contributed by atoms with Crippen molar-refractivity contribution in [2.24, 2.45) is 11.8 Å². The van der Waals surface area contributed by atoms with Crippen LogP contribution < -0.4 is 19.5 Å². The summed E-state index contributed by atoms with van der Waals surface area (Å²) in [6.07, 6.45) is 2.15. The Kier molecular flexibility index (Phi) is 7.32. The number of piperidine rings is 1. The van der Waals surface area contributed by atoms with Crippen LogP contribution in [0.25, 0.3) is 10.9 Å². The van der Waals surface area contributed by atoms with E-state index in [0.29, 0.717) is 47.9 Å². The number of benzene rings is 2. The highest BCUT2D eigenvalue weighted by Gasteiger charge is 2.47. The molecule has 2 aromatic carbocycles. The summed E-state index contributed by atoms with van der Waals surface area (Å²) in [5.41, 5.74) is 1.21. The van der Waals surface area contributed by atoms with E-state index in [1.807, 2.05) is 54.0 Å². The topological polar surface area (TPSA) is 85.3 Å². The maximum absolute atomic E-state index is 14.1. The molecule has 2 amide bonds. The molecular weight excluding hydrogens is 520 g/mol. The van der Waals surface area contributed by atoms with Gasteiger partial charge in [0.05, 0.1) is 19.2 Å². The Balaban J connectivity index is 1.25. The third-order valence-corrected chi connectivity index (χ3v) is 8.79. The minimum absolute atomic E-state index is 0.151. The first-order valence-corrected chi connectivity index (χ1v) is 14.6. The Morgan fingerprint density at radius 2 is 1.85 bits per heavy atom. The number of methoxy groups -OCH3 is 1. The molecule has 4 heterocycles. The molecule has 1 aromatic heterocycles. The zero-order valence-electron chi connectivity index (χ0n) is 24.4. The van der Waals surface area contributed by atoms with Gasteiger partial charge in [-0.3, -0.25) is 9.59 Å². The number of carbonyl (C=O) groups excluding carboxylic acids is 2. The number of carbonyl (C=O) groups is 2. The van der Waals surface area contributed by atoms with Gasteiger partial charge in [-0.1, -0.05) is 19.9 Å². The number of hydrogen-bond acceptors (Lipinski definition) is 6. The molecule has 1 N–H and O–H groups in total. The van der Waals surface area contributed by atoms with Crippen molar-refractivity contribution in [1.82, 2.24) is 19.7 Å². The monoisotopic (exact) mass is 560 g/mol. The molecule has 0 aliphatic carbocycles. The summed E-state index contributed by atoms with van der Waals surface area (Å²) < 4.78 is 18.5. The molecule has 9 nitrogen and oxygen atoms in total. The fourth-order valence-corrected chi connectivity index (χ4v) is 6.80. The predicted octanol–water partition coefficient (Wildman–Crippen LogP) is 4.28. The normalized spacial score (nSPS) is 24.0. The quantitative estimate of drug-likeness (QED) is 0.414. The van der Waals surface area contributed by atoms with Crippen LogP contribution in [-0.4, -0.2) is 71.8 Å². The van der Waals surface area contributed by atoms with E-state index in [2.05, 4.69) is 24.1 Å². The third kappa shape index (κ3) is 5.23. The smallest absolute Gasteiger partial charge is 0.271 e. The average molecular weight is 561 g/mol. The second-order valence-corrected chi connectivity index (χ2v) is 12.2. The van der Waals surface area contributed by atoms with E-state index in [9.17, 15) is 9.59 Å². The molecule has 3 aromatic rings. The molecule has 0 bridgehead atoms. The molecule has 3 aliphatic rings. The fraction of sp³-hybridized carbons (Fsp3) is 0.500. The van der Waals surface area contributed by atoms with E-state index in [1.54, 1.807) is 12.0 Å². The number of rotatable bonds is 8. The maximum atomic E-state index is 14.1. The summed E-state index contributed by atoms with van der Waals surface area (Å²) >= 11 is 0. The number of hydrogen-bond donors (Lipinski definition) is 1. The molecule has 9 heteroatoms. The van der Waals surface area contributed by atoms with Crippen molar-refractivity contribution in [2.75, 3.05) is 40.1 Å². The zero-order valence-corrected chi connectivity index (χ0v) is 24.4. The van der Waals surface area contributed by atoms with Crippen molar-refractivity contribution in [3.63, 3.8) is 0 Å². The lowest BCUT2D eigenvalue weighted by molar-refractivity contribution is -0.133. The van der Waals surface area contributed by atoms with Gasteiger partial charge in [-0.05, 0) is 74.0 Å². The number of fused-ring (bicyclic) bond motifs is 4. The van der Waals surface area contributed by atoms with Crippen molar-refractivity contribution >= 4 is 22.7 Å². The van der Waals surface area contributed by atoms with Crippen molar-refractivity contribution in [3.05, 3.63) is 53.7 Å². The number of nitrogens with one attached hydrogen (secondary N) is 1. The number of amides is 2. The van der Waals surface area contributed by atoms with Gasteiger partial charge in [0, 0.05) is 37.6 Å². The molecular formula is C32H40N4O5. The summed E-state index contributed by atoms with van der Waals surface area (Å²) in [5.74, 6) is 3.12. The maximum Gasteiger partial charge on any atom is 0.271 e. The van der Waals surface area contributed by atoms with Gasteiger partial charge < -0.3 is 33.9 Å². The van der Waals surface area contributed by atoms with Crippen LogP contribution in [0.3, 0.4) is 0 Å². The zero-order chi connectivity index (χ0) is 28.7. The second-order valence-electron chi connectivity index (χ2n) is 12.2. The van der Waals surface area contributed by atoms with Gasteiger partial charge >= 0.3 is 0 Å². The highest BCUT2D eigenvalue weighted by Crippen LogP contribution is 2.37. The van der Waals surface area contributed by atoms with Gasteiger partial charge in [-0.2, -0.15) is 0 Å². The lowest BCUT2D eigenvalue weighted by atomic mass is 9.92. The van der Waals surface area contributed by atoms with E-state index < -0.39 is 5.54 Å². The number of ether oxygens (including phenoxy) is 3. The lowest BCUT2D eigenvalue weighted by Gasteiger charge is -2.44. The Morgan fingerprint density at radius 1 is 1.07 bits per heavy atom. The molecule has 1 saturated heterocycles. The number of aromatic nitrogens is 1. The summed E-state index contributed by atoms with van der Waals surface area (Å²) in [4.78, 5) is 32.3. The van der Waals surface area contributed by atoms with E-state index in [4.69, 9.17) is 14.2 Å². The van der Waals surface area contributed by atoms with Crippen LogP contribution in [-0.2, 0) is 17.9 Å². The molecule has 0 saturated carbocycles. The molecule has 218 valence electrons. The minimum Gasteiger partial charge on any atom is -0.497 e. The SMILES string of the molecule is COc1ccc2cc3n(c2c1)C[C@](C)(C(=O)NCCCN1C[C@H](C)C[C@@H](C)C1)N(Cc1ccc2c(c1)OCO2)C3=O. The highest BCUT2D eigenvalue weighted by molar-refractivity contribution is 6.03. The Bertz CT molecular complexity index is 1460. The summed E-state index contributed by atoms with van der Waals surface area (Å²) in [6, 6.07) is 13.3. The number of nitrogens with zero attached hydrogens (tertiary/aromatic N) is 3. The molecule has 3 atom stereocenters. The molecule has 3 aliphatic heterocycles. The second kappa shape index (κ2) is 10.9. The van der Waals surface area contributed by atoms with Crippen LogP contribution in [0.5, 0.6) is 17.2 Å². The van der Waals surface area contributed by atoms with E-state index in [-0.39, 0.29) is 25.2 Å². The standard InChI is InChI=1S/C32H40N4O5/c1-21-12-22(2)17-34(16-21)11-5-10-33-31(38)32(3)19-35-26-15-25(39-4)8-7-24(26)14-27(35)30(37)36(32)18-23-6-9-28-29(13-23)41-20-40-28/h6-9,13-15,21-22H,5,10-12,16-20H2,1-4H3,(H,33,38)/t21-,22-,32-/m1/s1. The molecule has 0 unspecified atom stereocenters. The van der Waals surface area contributed by atoms with Crippen LogP contribution in [0.4, 0.5) is 0 Å². The van der Waals surface area contributed by atoms with Crippen LogP contribution in [0.15, 0.2) is 42.5 Å². The predicted molar refractivity (Wildman–Crippen MR) is 156 cm³/mol. The largest absolute Gasteiger partial charge is 0.497 e. The van der Waals surface area contributed by atoms with Crippen molar-refractivity contribution in [3.8, 4) is 17.2 Å². The summed E-state index contributed by atoms with van der Waals surface area (Å²) in [6.45, 7) is 11.0. The molecule has 0 radical (unpaired) electrons. The number of likely N-dealkylation sites (tertiary alicyclic amines) is 1. The Morgan fingerprint density at radius 3 is 2.63 bits per heavy atom. The van der Waals surface area contributed by atoms with Crippen molar-refractivity contribution in [1.29, 1.82) is 0 Å². The average Bonchev–Trinajstić information content (AvgIpc) is 3.56. The molecule has 41 heavy (non-hydrogen) atoms. The molecule has 1 fully saturated rings. The van der Waals surface area contributed by atoms with Crippen LogP contribution >= 0.6 is 0 Å². The highest BCUT2D eigenvalue weighted by atomic mass is 16.7. The third-order valence-electron chi connectivity index (χ3n) is 8.79. The van der Waals surface area contributed by atoms with Gasteiger partial charge in [-0.25, -0.2) is 0 Å². The van der Waals surface area contributed by atoms with Crippen LogP contribution in [0.2, 0.25) is 0 Å². The van der Waals surface area contributed by atoms with E-state index in [1.165, 1.54) is 6.42 Å². The lowest BCUT2D eigenvalue weighted by Crippen LogP contribution is -2.63. The Hall–Kier alpha value is -3.72. The van der Waals surface area contributed by atoms with Crippen molar-refractivity contribution < 1.29 is 23.8 Å². The van der Waals surface area contributed by atoms with Gasteiger partial charge in [-0.15, -0.1) is 0 Å². The summed E-state index contributed by atoms with van der Waals surface area (Å²) in [7, 11) is 1.63. The molecule has 6 rings (SSSR count). The van der Waals surface area contributed by atoms with E-state index >= 15 is 0 Å². The van der Waals surface area contributed by atoms with Gasteiger partial charge in [0.25, 0.3) is 5.91 Å². The first-order chi connectivity index (χ1) is 19.7. The minimum atomic E-state index is -1.11. The van der Waals surface area contributed by atoms with Crippen molar-refractivity contribution in [2.45, 2.75) is 52.2 Å². The van der Waals surface area contributed by atoms with Gasteiger partial charge in [0.2, 0.25) is 12.7 Å².